The predicted octanol–water partition coefficient (Wildman–Crippen LogP) is 4.05. The molecule has 0 spiro atoms. The number of hydrogen-bond acceptors (Lipinski definition) is 5. The Kier molecular flexibility index (Phi) is 9.99. The summed E-state index contributed by atoms with van der Waals surface area (Å²) in [6, 6.07) is 7.33. The Morgan fingerprint density at radius 1 is 1.26 bits per heavy atom. The molecule has 5 nitrogen and oxygen atoms in total. The summed E-state index contributed by atoms with van der Waals surface area (Å²) in [6.45, 7) is 7.64. The van der Waals surface area contributed by atoms with E-state index in [-0.39, 0.29) is 0 Å². The third kappa shape index (κ3) is 6.97. The molecular weight excluding hydrogens is 318 g/mol. The van der Waals surface area contributed by atoms with Crippen LogP contribution in [0.5, 0.6) is 5.75 Å². The molecule has 0 radical (unpaired) electrons. The molecule has 0 fully saturated rings. The first-order chi connectivity index (χ1) is 11.2. The lowest BCUT2D eigenvalue weighted by molar-refractivity contribution is -0.274. The molecule has 0 saturated carbocycles. The third-order valence-corrected chi connectivity index (χ3v) is 2.99. The van der Waals surface area contributed by atoms with Crippen molar-refractivity contribution in [3.63, 3.8) is 0 Å². The van der Waals surface area contributed by atoms with E-state index >= 15 is 0 Å². The first kappa shape index (κ1) is 19.4. The first-order valence-corrected chi connectivity index (χ1v) is 7.62. The van der Waals surface area contributed by atoms with E-state index in [1.54, 1.807) is 24.4 Å². The van der Waals surface area contributed by atoms with Gasteiger partial charge in [-0.05, 0) is 31.2 Å². The average molecular weight is 340 g/mol. The number of rotatable bonds is 8. The van der Waals surface area contributed by atoms with E-state index in [4.69, 9.17) is 26.0 Å². The Balaban J connectivity index is 0.000000379. The van der Waals surface area contributed by atoms with Gasteiger partial charge in [0, 0.05) is 18.2 Å². The number of hydrogen-bond donors (Lipinski definition) is 0. The third-order valence-electron chi connectivity index (χ3n) is 2.66. The van der Waals surface area contributed by atoms with E-state index < -0.39 is 0 Å². The maximum Gasteiger partial charge on any atom is 0.145 e. The summed E-state index contributed by atoms with van der Waals surface area (Å²) in [7, 11) is 1.46. The van der Waals surface area contributed by atoms with Gasteiger partial charge in [0.2, 0.25) is 0 Å². The molecule has 0 N–H and O–H groups in total. The smallest absolute Gasteiger partial charge is 0.145 e. The van der Waals surface area contributed by atoms with Gasteiger partial charge in [0.25, 0.3) is 0 Å². The topological polar surface area (TPSA) is 49.8 Å². The van der Waals surface area contributed by atoms with Crippen molar-refractivity contribution in [3.05, 3.63) is 48.1 Å². The molecule has 1 aromatic carbocycles. The summed E-state index contributed by atoms with van der Waals surface area (Å²) in [5.74, 6) is 0.685. The van der Waals surface area contributed by atoms with E-state index in [1.807, 2.05) is 19.1 Å². The Morgan fingerprint density at radius 3 is 2.74 bits per heavy atom. The molecular formula is C17H22ClNO4. The van der Waals surface area contributed by atoms with Crippen molar-refractivity contribution in [2.75, 3.05) is 33.5 Å². The van der Waals surface area contributed by atoms with E-state index in [1.165, 1.54) is 7.11 Å². The van der Waals surface area contributed by atoms with Crippen LogP contribution in [0.4, 0.5) is 0 Å². The summed E-state index contributed by atoms with van der Waals surface area (Å²) in [6.07, 6.45) is 3.45. The quantitative estimate of drug-likeness (QED) is 0.314. The van der Waals surface area contributed by atoms with Gasteiger partial charge in [0.1, 0.15) is 24.5 Å². The second-order valence-corrected chi connectivity index (χ2v) is 4.64. The fraction of sp³-hybridized carbons (Fsp3) is 0.353. The molecule has 1 aromatic heterocycles. The highest BCUT2D eigenvalue weighted by molar-refractivity contribution is 6.35. The zero-order valence-corrected chi connectivity index (χ0v) is 14.2. The molecule has 0 saturated heterocycles. The molecule has 0 atom stereocenters. The average Bonchev–Trinajstić information content (AvgIpc) is 2.59. The highest BCUT2D eigenvalue weighted by Crippen LogP contribution is 2.29. The SMILES string of the molecule is C=CCOCC.COOCCOc1ccc(Cl)c2cccnc12. The van der Waals surface area contributed by atoms with Crippen LogP contribution in [-0.4, -0.2) is 38.5 Å². The minimum Gasteiger partial charge on any atom is -0.489 e. The zero-order valence-electron chi connectivity index (χ0n) is 13.5. The minimum absolute atomic E-state index is 0.355. The molecule has 126 valence electrons. The zero-order chi connectivity index (χ0) is 16.9. The number of benzene rings is 1. The van der Waals surface area contributed by atoms with Gasteiger partial charge < -0.3 is 9.47 Å². The van der Waals surface area contributed by atoms with Gasteiger partial charge in [-0.25, -0.2) is 9.78 Å². The number of halogens is 1. The van der Waals surface area contributed by atoms with Crippen molar-refractivity contribution < 1.29 is 19.2 Å². The van der Waals surface area contributed by atoms with E-state index in [9.17, 15) is 0 Å². The minimum atomic E-state index is 0.355. The van der Waals surface area contributed by atoms with Crippen LogP contribution in [0.25, 0.3) is 10.9 Å². The lowest BCUT2D eigenvalue weighted by atomic mass is 10.2. The molecule has 0 bridgehead atoms. The lowest BCUT2D eigenvalue weighted by Gasteiger charge is -2.08. The maximum absolute atomic E-state index is 6.07. The molecule has 1 heterocycles. The number of pyridine rings is 1. The Morgan fingerprint density at radius 2 is 2.09 bits per heavy atom. The lowest BCUT2D eigenvalue weighted by Crippen LogP contribution is -2.06. The standard InChI is InChI=1S/C12H12ClNO3.C5H10O/c1-15-17-8-7-16-11-5-4-10(13)9-3-2-6-14-12(9)11;1-3-5-6-4-2/h2-6H,7-8H2,1H3;3H,1,4-5H2,2H3. The van der Waals surface area contributed by atoms with Crippen molar-refractivity contribution >= 4 is 22.5 Å². The van der Waals surface area contributed by atoms with Gasteiger partial charge in [0.05, 0.1) is 18.7 Å². The van der Waals surface area contributed by atoms with Crippen LogP contribution in [0.2, 0.25) is 5.02 Å². The van der Waals surface area contributed by atoms with Crippen LogP contribution in [0.3, 0.4) is 0 Å². The van der Waals surface area contributed by atoms with Crippen LogP contribution in [0.1, 0.15) is 6.92 Å². The summed E-state index contributed by atoms with van der Waals surface area (Å²) in [4.78, 5) is 13.4. The molecule has 0 aliphatic rings. The summed E-state index contributed by atoms with van der Waals surface area (Å²) >= 11 is 6.07. The molecule has 23 heavy (non-hydrogen) atoms. The Bertz CT molecular complexity index is 592. The van der Waals surface area contributed by atoms with Gasteiger partial charge in [-0.1, -0.05) is 17.7 Å². The highest BCUT2D eigenvalue weighted by atomic mass is 35.5. The fourth-order valence-corrected chi connectivity index (χ4v) is 1.91. The van der Waals surface area contributed by atoms with Crippen LogP contribution in [0, 0.1) is 0 Å². The van der Waals surface area contributed by atoms with Crippen molar-refractivity contribution in [3.8, 4) is 5.75 Å². The molecule has 0 aliphatic carbocycles. The fourth-order valence-electron chi connectivity index (χ4n) is 1.70. The number of ether oxygens (including phenoxy) is 2. The summed E-state index contributed by atoms with van der Waals surface area (Å²) in [5.41, 5.74) is 0.748. The van der Waals surface area contributed by atoms with Crippen LogP contribution in [-0.2, 0) is 14.5 Å². The monoisotopic (exact) mass is 339 g/mol. The largest absolute Gasteiger partial charge is 0.489 e. The van der Waals surface area contributed by atoms with E-state index in [0.717, 1.165) is 17.5 Å². The van der Waals surface area contributed by atoms with E-state index in [0.29, 0.717) is 30.6 Å². The molecule has 0 amide bonds. The van der Waals surface area contributed by atoms with Crippen molar-refractivity contribution in [2.45, 2.75) is 6.92 Å². The normalized spacial score (nSPS) is 10.0. The van der Waals surface area contributed by atoms with Crippen molar-refractivity contribution in [2.24, 2.45) is 0 Å². The van der Waals surface area contributed by atoms with Gasteiger partial charge in [-0.15, -0.1) is 6.58 Å². The first-order valence-electron chi connectivity index (χ1n) is 7.24. The van der Waals surface area contributed by atoms with Crippen LogP contribution in [0.15, 0.2) is 43.1 Å². The number of aromatic nitrogens is 1. The van der Waals surface area contributed by atoms with Crippen molar-refractivity contribution in [1.29, 1.82) is 0 Å². The predicted molar refractivity (Wildman–Crippen MR) is 91.9 cm³/mol. The Labute approximate surface area is 141 Å². The second kappa shape index (κ2) is 11.8. The van der Waals surface area contributed by atoms with Gasteiger partial charge in [0.15, 0.2) is 0 Å². The highest BCUT2D eigenvalue weighted by Gasteiger charge is 2.06. The van der Waals surface area contributed by atoms with Gasteiger partial charge in [-0.2, -0.15) is 0 Å². The van der Waals surface area contributed by atoms with Crippen LogP contribution >= 0.6 is 11.6 Å². The Hall–Kier alpha value is -1.66. The molecule has 6 heteroatoms. The summed E-state index contributed by atoms with van der Waals surface area (Å²) < 4.78 is 10.4. The number of nitrogens with zero attached hydrogens (tertiary/aromatic N) is 1. The van der Waals surface area contributed by atoms with Gasteiger partial charge in [-0.3, -0.25) is 4.98 Å². The maximum atomic E-state index is 6.07. The molecule has 0 unspecified atom stereocenters. The molecule has 0 aliphatic heterocycles. The molecule has 2 aromatic rings. The molecule has 2 rings (SSSR count). The van der Waals surface area contributed by atoms with E-state index in [2.05, 4.69) is 16.5 Å². The summed E-state index contributed by atoms with van der Waals surface area (Å²) in [5, 5.41) is 1.54. The second-order valence-electron chi connectivity index (χ2n) is 4.23. The van der Waals surface area contributed by atoms with Crippen LogP contribution < -0.4 is 4.74 Å². The van der Waals surface area contributed by atoms with Gasteiger partial charge >= 0.3 is 0 Å². The van der Waals surface area contributed by atoms with Crippen molar-refractivity contribution in [1.82, 2.24) is 4.98 Å². The number of fused-ring (bicyclic) bond motifs is 1.